The number of non-ortho nitro benzene ring substituents is 1. The van der Waals surface area contributed by atoms with Crippen molar-refractivity contribution in [1.29, 1.82) is 5.41 Å². The lowest BCUT2D eigenvalue weighted by atomic mass is 10.0. The van der Waals surface area contributed by atoms with Crippen molar-refractivity contribution < 1.29 is 19.2 Å². The van der Waals surface area contributed by atoms with Crippen molar-refractivity contribution >= 4 is 17.4 Å². The second-order valence-corrected chi connectivity index (χ2v) is 6.09. The average Bonchev–Trinajstić information content (AvgIpc) is 2.46. The predicted molar refractivity (Wildman–Crippen MR) is 85.9 cm³/mol. The van der Waals surface area contributed by atoms with E-state index in [0.29, 0.717) is 12.2 Å². The molecule has 7 heteroatoms. The number of ether oxygens (including phenoxy) is 2. The second-order valence-electron chi connectivity index (χ2n) is 6.09. The van der Waals surface area contributed by atoms with Crippen molar-refractivity contribution in [3.63, 3.8) is 0 Å². The molecule has 1 atom stereocenters. The predicted octanol–water partition coefficient (Wildman–Crippen LogP) is 3.36. The molecular formula is C16H22N2O5. The van der Waals surface area contributed by atoms with Crippen LogP contribution in [0.2, 0.25) is 0 Å². The molecule has 0 radical (unpaired) electrons. The van der Waals surface area contributed by atoms with E-state index in [1.54, 1.807) is 26.8 Å². The molecule has 1 aromatic rings. The quantitative estimate of drug-likeness (QED) is 0.359. The first-order valence-corrected chi connectivity index (χ1v) is 7.33. The Morgan fingerprint density at radius 1 is 1.39 bits per heavy atom. The summed E-state index contributed by atoms with van der Waals surface area (Å²) >= 11 is 0. The zero-order chi connectivity index (χ0) is 17.6. The van der Waals surface area contributed by atoms with E-state index in [1.165, 1.54) is 18.2 Å². The van der Waals surface area contributed by atoms with Crippen molar-refractivity contribution in [2.75, 3.05) is 6.61 Å². The Kier molecular flexibility index (Phi) is 6.24. The normalized spacial score (nSPS) is 12.3. The van der Waals surface area contributed by atoms with Crippen LogP contribution >= 0.6 is 0 Å². The lowest BCUT2D eigenvalue weighted by Gasteiger charge is -2.22. The molecule has 0 heterocycles. The van der Waals surface area contributed by atoms with E-state index in [-0.39, 0.29) is 18.0 Å². The van der Waals surface area contributed by atoms with Gasteiger partial charge in [-0.15, -0.1) is 0 Å². The van der Waals surface area contributed by atoms with E-state index < -0.39 is 22.4 Å². The van der Waals surface area contributed by atoms with Crippen molar-refractivity contribution in [2.45, 2.75) is 39.7 Å². The molecule has 126 valence electrons. The number of nitro groups is 1. The van der Waals surface area contributed by atoms with Crippen molar-refractivity contribution in [1.82, 2.24) is 0 Å². The fourth-order valence-corrected chi connectivity index (χ4v) is 1.79. The van der Waals surface area contributed by atoms with Crippen LogP contribution in [0.1, 0.15) is 34.1 Å². The molecule has 7 nitrogen and oxygen atoms in total. The van der Waals surface area contributed by atoms with Crippen molar-refractivity contribution in [2.24, 2.45) is 5.92 Å². The van der Waals surface area contributed by atoms with Crippen LogP contribution in [0.4, 0.5) is 5.69 Å². The van der Waals surface area contributed by atoms with E-state index in [4.69, 9.17) is 14.9 Å². The zero-order valence-electron chi connectivity index (χ0n) is 13.8. The van der Waals surface area contributed by atoms with Gasteiger partial charge in [-0.3, -0.25) is 15.5 Å². The Bertz CT molecular complexity index is 592. The molecule has 0 saturated heterocycles. The van der Waals surface area contributed by atoms with Gasteiger partial charge in [0.1, 0.15) is 17.1 Å². The number of nitrogens with one attached hydrogen (secondary N) is 1. The van der Waals surface area contributed by atoms with E-state index in [9.17, 15) is 14.9 Å². The minimum Gasteiger partial charge on any atom is -0.493 e. The summed E-state index contributed by atoms with van der Waals surface area (Å²) in [6.45, 7) is 7.12. The average molecular weight is 322 g/mol. The summed E-state index contributed by atoms with van der Waals surface area (Å²) in [5.41, 5.74) is -0.895. The van der Waals surface area contributed by atoms with Crippen LogP contribution in [0.5, 0.6) is 5.75 Å². The Balaban J connectivity index is 2.70. The summed E-state index contributed by atoms with van der Waals surface area (Å²) in [7, 11) is 0. The SMILES string of the molecule is CC[C@H](COc1cccc([N+](=O)[O-])c1)C(=N)C(=O)OC(C)(C)C. The van der Waals surface area contributed by atoms with Gasteiger partial charge in [-0.05, 0) is 33.3 Å². The van der Waals surface area contributed by atoms with E-state index >= 15 is 0 Å². The third-order valence-electron chi connectivity index (χ3n) is 3.00. The molecule has 0 spiro atoms. The number of hydrogen-bond donors (Lipinski definition) is 1. The van der Waals surface area contributed by atoms with Gasteiger partial charge in [-0.1, -0.05) is 13.0 Å². The first-order chi connectivity index (χ1) is 10.6. The number of nitrogens with zero attached hydrogens (tertiary/aromatic N) is 1. The number of benzene rings is 1. The molecule has 23 heavy (non-hydrogen) atoms. The first-order valence-electron chi connectivity index (χ1n) is 7.33. The van der Waals surface area contributed by atoms with Gasteiger partial charge in [0, 0.05) is 12.0 Å². The highest BCUT2D eigenvalue weighted by Gasteiger charge is 2.26. The molecule has 1 aromatic carbocycles. The molecular weight excluding hydrogens is 300 g/mol. The minimum absolute atomic E-state index is 0.0715. The molecule has 0 bridgehead atoms. The molecule has 0 amide bonds. The van der Waals surface area contributed by atoms with Crippen LogP contribution in [0.3, 0.4) is 0 Å². The zero-order valence-corrected chi connectivity index (χ0v) is 13.8. The lowest BCUT2D eigenvalue weighted by Crippen LogP contribution is -2.34. The second kappa shape index (κ2) is 7.71. The fourth-order valence-electron chi connectivity index (χ4n) is 1.79. The molecule has 0 fully saturated rings. The maximum atomic E-state index is 11.9. The van der Waals surface area contributed by atoms with E-state index in [0.717, 1.165) is 0 Å². The molecule has 0 aliphatic rings. The Morgan fingerprint density at radius 3 is 2.57 bits per heavy atom. The smallest absolute Gasteiger partial charge is 0.352 e. The van der Waals surface area contributed by atoms with Gasteiger partial charge in [-0.2, -0.15) is 0 Å². The van der Waals surface area contributed by atoms with Crippen molar-refractivity contribution in [3.05, 3.63) is 34.4 Å². The van der Waals surface area contributed by atoms with Crippen LogP contribution in [0.15, 0.2) is 24.3 Å². The molecule has 0 aromatic heterocycles. The van der Waals surface area contributed by atoms with Crippen molar-refractivity contribution in [3.8, 4) is 5.75 Å². The highest BCUT2D eigenvalue weighted by Crippen LogP contribution is 2.20. The van der Waals surface area contributed by atoms with E-state index in [1.807, 2.05) is 6.92 Å². The molecule has 0 unspecified atom stereocenters. The number of rotatable bonds is 7. The number of carbonyl (C=O) groups is 1. The maximum absolute atomic E-state index is 11.9. The summed E-state index contributed by atoms with van der Waals surface area (Å²) in [6.07, 6.45) is 0.521. The Hall–Kier alpha value is -2.44. The minimum atomic E-state index is -0.674. The van der Waals surface area contributed by atoms with Gasteiger partial charge in [0.2, 0.25) is 0 Å². The summed E-state index contributed by atoms with van der Waals surface area (Å²) in [5, 5.41) is 18.7. The van der Waals surface area contributed by atoms with E-state index in [2.05, 4.69) is 0 Å². The number of esters is 1. The lowest BCUT2D eigenvalue weighted by molar-refractivity contribution is -0.384. The summed E-state index contributed by atoms with van der Waals surface area (Å²) in [4.78, 5) is 22.1. The van der Waals surface area contributed by atoms with Crippen LogP contribution in [0, 0.1) is 21.4 Å². The number of carbonyl (C=O) groups excluding carboxylic acids is 1. The van der Waals surface area contributed by atoms with Crippen LogP contribution < -0.4 is 4.74 Å². The monoisotopic (exact) mass is 322 g/mol. The van der Waals surface area contributed by atoms with Gasteiger partial charge in [0.05, 0.1) is 17.6 Å². The molecule has 0 aliphatic carbocycles. The topological polar surface area (TPSA) is 103 Å². The largest absolute Gasteiger partial charge is 0.493 e. The van der Waals surface area contributed by atoms with Crippen LogP contribution in [-0.4, -0.2) is 28.8 Å². The molecule has 0 aliphatic heterocycles. The van der Waals surface area contributed by atoms with Gasteiger partial charge >= 0.3 is 5.97 Å². The summed E-state index contributed by atoms with van der Waals surface area (Å²) in [6, 6.07) is 5.79. The maximum Gasteiger partial charge on any atom is 0.352 e. The summed E-state index contributed by atoms with van der Waals surface area (Å²) < 4.78 is 10.7. The van der Waals surface area contributed by atoms with Crippen LogP contribution in [0.25, 0.3) is 0 Å². The third-order valence-corrected chi connectivity index (χ3v) is 3.00. The molecule has 0 saturated carbocycles. The summed E-state index contributed by atoms with van der Waals surface area (Å²) in [5.74, 6) is -0.786. The number of nitro benzene ring substituents is 1. The Morgan fingerprint density at radius 2 is 2.04 bits per heavy atom. The van der Waals surface area contributed by atoms with Gasteiger partial charge in [-0.25, -0.2) is 4.79 Å². The van der Waals surface area contributed by atoms with Crippen LogP contribution in [-0.2, 0) is 9.53 Å². The standard InChI is InChI=1S/C16H22N2O5/c1-5-11(14(17)15(19)23-16(2,3)4)10-22-13-8-6-7-12(9-13)18(20)21/h6-9,11,17H,5,10H2,1-4H3/t11-/m1/s1. The number of hydrogen-bond acceptors (Lipinski definition) is 6. The first kappa shape index (κ1) is 18.6. The molecule has 1 rings (SSSR count). The third kappa shape index (κ3) is 6.06. The van der Waals surface area contributed by atoms with Gasteiger partial charge in [0.25, 0.3) is 5.69 Å². The van der Waals surface area contributed by atoms with Gasteiger partial charge < -0.3 is 9.47 Å². The Labute approximate surface area is 135 Å². The fraction of sp³-hybridized carbons (Fsp3) is 0.500. The highest BCUT2D eigenvalue weighted by molar-refractivity contribution is 6.36. The highest BCUT2D eigenvalue weighted by atomic mass is 16.6. The molecule has 1 N–H and O–H groups in total. The van der Waals surface area contributed by atoms with Gasteiger partial charge in [0.15, 0.2) is 0 Å².